The molecule has 1 aromatic rings. The van der Waals surface area contributed by atoms with E-state index in [0.29, 0.717) is 6.04 Å². The Balaban J connectivity index is 0.00000242. The topological polar surface area (TPSA) is 37.3 Å². The molecule has 0 bridgehead atoms. The Morgan fingerprint density at radius 3 is 2.45 bits per heavy atom. The average molecular weight is 328 g/mol. The highest BCUT2D eigenvalue weighted by atomic mass is 35.5. The first-order valence-corrected chi connectivity index (χ1v) is 8.28. The van der Waals surface area contributed by atoms with Crippen molar-refractivity contribution < 1.29 is 4.79 Å². The molecule has 5 heteroatoms. The molecule has 0 unspecified atom stereocenters. The van der Waals surface area contributed by atoms with Crippen LogP contribution in [0.2, 0.25) is 0 Å². The van der Waals surface area contributed by atoms with E-state index < -0.39 is 0 Å². The smallest absolute Gasteiger partial charge is 0.255 e. The molecule has 0 aromatic carbocycles. The summed E-state index contributed by atoms with van der Waals surface area (Å²) >= 11 is 0. The Bertz CT molecular complexity index is 492. The summed E-state index contributed by atoms with van der Waals surface area (Å²) in [5.74, 6) is 0.219. The molecule has 1 aliphatic heterocycles. The largest absolute Gasteiger partial charge is 0.349 e. The van der Waals surface area contributed by atoms with Gasteiger partial charge in [0.05, 0.1) is 5.56 Å². The zero-order valence-electron chi connectivity index (χ0n) is 14.3. The minimum atomic E-state index is 0. The maximum absolute atomic E-state index is 13.0. The summed E-state index contributed by atoms with van der Waals surface area (Å²) in [6, 6.07) is 2.45. The van der Waals surface area contributed by atoms with Gasteiger partial charge in [-0.25, -0.2) is 0 Å². The van der Waals surface area contributed by atoms with Crippen molar-refractivity contribution in [2.24, 2.45) is 0 Å². The quantitative estimate of drug-likeness (QED) is 0.902. The van der Waals surface area contributed by atoms with Crippen LogP contribution in [0.15, 0.2) is 6.07 Å². The van der Waals surface area contributed by atoms with Crippen LogP contribution in [0, 0.1) is 13.8 Å². The lowest BCUT2D eigenvalue weighted by Gasteiger charge is -2.34. The highest BCUT2D eigenvalue weighted by Gasteiger charge is 2.27. The van der Waals surface area contributed by atoms with Gasteiger partial charge in [-0.15, -0.1) is 12.4 Å². The first kappa shape index (κ1) is 19.0. The molecule has 1 saturated heterocycles. The molecular formula is C17H30ClN3O. The lowest BCUT2D eigenvalue weighted by Crippen LogP contribution is -2.46. The molecule has 1 amide bonds. The van der Waals surface area contributed by atoms with E-state index in [1.165, 1.54) is 5.69 Å². The number of hydrogen-bond acceptors (Lipinski definition) is 2. The predicted octanol–water partition coefficient (Wildman–Crippen LogP) is 3.15. The fourth-order valence-electron chi connectivity index (χ4n) is 3.47. The first-order chi connectivity index (χ1) is 10.1. The van der Waals surface area contributed by atoms with Gasteiger partial charge in [0, 0.05) is 30.5 Å². The lowest BCUT2D eigenvalue weighted by molar-refractivity contribution is 0.0642. The first-order valence-electron chi connectivity index (χ1n) is 8.28. The van der Waals surface area contributed by atoms with Crippen LogP contribution < -0.4 is 5.32 Å². The van der Waals surface area contributed by atoms with Crippen LogP contribution in [-0.4, -0.2) is 41.1 Å². The maximum atomic E-state index is 13.0. The fraction of sp³-hybridized carbons (Fsp3) is 0.706. The number of halogens is 1. The zero-order chi connectivity index (χ0) is 15.4. The third kappa shape index (κ3) is 3.85. The van der Waals surface area contributed by atoms with Crippen LogP contribution in [-0.2, 0) is 6.54 Å². The van der Waals surface area contributed by atoms with Gasteiger partial charge in [-0.2, -0.15) is 0 Å². The Hall–Kier alpha value is -1.00. The van der Waals surface area contributed by atoms with Gasteiger partial charge < -0.3 is 14.8 Å². The SMILES string of the molecule is CCCN(C(=O)c1cc(C)n(CC)c1C)C1CCNCC1.Cl. The number of aromatic nitrogens is 1. The van der Waals surface area contributed by atoms with E-state index in [9.17, 15) is 4.79 Å². The van der Waals surface area contributed by atoms with Gasteiger partial charge in [0.15, 0.2) is 0 Å². The average Bonchev–Trinajstić information content (AvgIpc) is 2.79. The van der Waals surface area contributed by atoms with Gasteiger partial charge >= 0.3 is 0 Å². The molecule has 0 spiro atoms. The molecule has 4 nitrogen and oxygen atoms in total. The summed E-state index contributed by atoms with van der Waals surface area (Å²) in [4.78, 5) is 15.1. The Morgan fingerprint density at radius 2 is 1.95 bits per heavy atom. The minimum Gasteiger partial charge on any atom is -0.349 e. The molecule has 0 aliphatic carbocycles. The minimum absolute atomic E-state index is 0. The van der Waals surface area contributed by atoms with Crippen LogP contribution >= 0.6 is 12.4 Å². The fourth-order valence-corrected chi connectivity index (χ4v) is 3.47. The summed E-state index contributed by atoms with van der Waals surface area (Å²) < 4.78 is 2.22. The second-order valence-electron chi connectivity index (χ2n) is 6.01. The van der Waals surface area contributed by atoms with Crippen molar-refractivity contribution in [3.8, 4) is 0 Å². The van der Waals surface area contributed by atoms with E-state index in [4.69, 9.17) is 0 Å². The molecule has 1 fully saturated rings. The third-order valence-corrected chi connectivity index (χ3v) is 4.60. The predicted molar refractivity (Wildman–Crippen MR) is 94.0 cm³/mol. The van der Waals surface area contributed by atoms with Crippen molar-refractivity contribution in [3.05, 3.63) is 23.0 Å². The Labute approximate surface area is 140 Å². The highest BCUT2D eigenvalue weighted by molar-refractivity contribution is 5.96. The number of aryl methyl sites for hydroxylation is 1. The second kappa shape index (κ2) is 8.59. The van der Waals surface area contributed by atoms with Crippen molar-refractivity contribution >= 4 is 18.3 Å². The number of rotatable bonds is 5. The van der Waals surface area contributed by atoms with Gasteiger partial charge in [-0.1, -0.05) is 6.92 Å². The van der Waals surface area contributed by atoms with Gasteiger partial charge in [0.25, 0.3) is 5.91 Å². The van der Waals surface area contributed by atoms with Crippen LogP contribution in [0.3, 0.4) is 0 Å². The number of carbonyl (C=O) groups excluding carboxylic acids is 1. The monoisotopic (exact) mass is 327 g/mol. The van der Waals surface area contributed by atoms with Crippen molar-refractivity contribution in [1.29, 1.82) is 0 Å². The van der Waals surface area contributed by atoms with Crippen LogP contribution in [0.1, 0.15) is 54.9 Å². The number of nitrogens with one attached hydrogen (secondary N) is 1. The van der Waals surface area contributed by atoms with Crippen molar-refractivity contribution in [2.75, 3.05) is 19.6 Å². The van der Waals surface area contributed by atoms with Gasteiger partial charge in [-0.05, 0) is 59.2 Å². The Kier molecular flexibility index (Phi) is 7.43. The summed E-state index contributed by atoms with van der Waals surface area (Å²) in [7, 11) is 0. The molecule has 0 saturated carbocycles. The molecule has 0 radical (unpaired) electrons. The lowest BCUT2D eigenvalue weighted by atomic mass is 10.0. The van der Waals surface area contributed by atoms with Crippen molar-refractivity contribution in [1.82, 2.24) is 14.8 Å². The number of piperidine rings is 1. The summed E-state index contributed by atoms with van der Waals surface area (Å²) in [6.07, 6.45) is 3.15. The van der Waals surface area contributed by atoms with Gasteiger partial charge in [0.1, 0.15) is 0 Å². The number of hydrogen-bond donors (Lipinski definition) is 1. The molecule has 126 valence electrons. The summed E-state index contributed by atoms with van der Waals surface area (Å²) in [5.41, 5.74) is 3.18. The van der Waals surface area contributed by atoms with E-state index in [1.54, 1.807) is 0 Å². The van der Waals surface area contributed by atoms with E-state index in [1.807, 2.05) is 0 Å². The van der Waals surface area contributed by atoms with Crippen LogP contribution in [0.25, 0.3) is 0 Å². The third-order valence-electron chi connectivity index (χ3n) is 4.60. The van der Waals surface area contributed by atoms with E-state index in [2.05, 4.69) is 48.5 Å². The van der Waals surface area contributed by atoms with Crippen LogP contribution in [0.5, 0.6) is 0 Å². The number of nitrogens with zero attached hydrogens (tertiary/aromatic N) is 2. The Morgan fingerprint density at radius 1 is 1.32 bits per heavy atom. The molecular weight excluding hydrogens is 298 g/mol. The summed E-state index contributed by atoms with van der Waals surface area (Å²) in [5, 5.41) is 3.38. The zero-order valence-corrected chi connectivity index (χ0v) is 15.1. The van der Waals surface area contributed by atoms with Gasteiger partial charge in [-0.3, -0.25) is 4.79 Å². The maximum Gasteiger partial charge on any atom is 0.255 e. The van der Waals surface area contributed by atoms with E-state index >= 15 is 0 Å². The van der Waals surface area contributed by atoms with E-state index in [-0.39, 0.29) is 18.3 Å². The summed E-state index contributed by atoms with van der Waals surface area (Å²) in [6.45, 7) is 12.3. The van der Waals surface area contributed by atoms with Crippen molar-refractivity contribution in [2.45, 2.75) is 59.5 Å². The number of amides is 1. The highest BCUT2D eigenvalue weighted by Crippen LogP contribution is 2.21. The molecule has 2 heterocycles. The van der Waals surface area contributed by atoms with Gasteiger partial charge in [0.2, 0.25) is 0 Å². The second-order valence-corrected chi connectivity index (χ2v) is 6.01. The molecule has 2 rings (SSSR count). The van der Waals surface area contributed by atoms with Crippen LogP contribution in [0.4, 0.5) is 0 Å². The molecule has 0 atom stereocenters. The molecule has 1 aromatic heterocycles. The number of carbonyl (C=O) groups is 1. The normalized spacial score (nSPS) is 15.5. The molecule has 1 N–H and O–H groups in total. The van der Waals surface area contributed by atoms with Crippen molar-refractivity contribution in [3.63, 3.8) is 0 Å². The standard InChI is InChI=1S/C17H29N3O.ClH/c1-5-11-20(15-7-9-18-10-8-15)17(21)16-12-13(3)19(6-2)14(16)4;/h12,15,18H,5-11H2,1-4H3;1H. The molecule has 1 aliphatic rings. The van der Waals surface area contributed by atoms with E-state index in [0.717, 1.165) is 56.7 Å². The molecule has 22 heavy (non-hydrogen) atoms.